The van der Waals surface area contributed by atoms with Crippen LogP contribution in [0.4, 0.5) is 5.82 Å². The molecule has 7 heteroatoms. The smallest absolute Gasteiger partial charge is 0.156 e. The lowest BCUT2D eigenvalue weighted by molar-refractivity contribution is 0.112. The van der Waals surface area contributed by atoms with Crippen LogP contribution >= 0.6 is 11.6 Å². The largest absolute Gasteiger partial charge is 0.365 e. The average molecular weight is 266 g/mol. The number of hydrogen-bond donors (Lipinski definition) is 1. The van der Waals surface area contributed by atoms with Crippen LogP contribution < -0.4 is 5.32 Å². The van der Waals surface area contributed by atoms with Crippen molar-refractivity contribution in [2.75, 3.05) is 5.32 Å². The molecule has 0 spiro atoms. The van der Waals surface area contributed by atoms with E-state index in [1.54, 1.807) is 10.9 Å². The monoisotopic (exact) mass is 265 g/mol. The minimum Gasteiger partial charge on any atom is -0.365 e. The van der Waals surface area contributed by atoms with E-state index in [0.29, 0.717) is 18.6 Å². The summed E-state index contributed by atoms with van der Waals surface area (Å²) >= 11 is 5.81. The summed E-state index contributed by atoms with van der Waals surface area (Å²) in [4.78, 5) is 18.7. The summed E-state index contributed by atoms with van der Waals surface area (Å²) in [6.07, 6.45) is 3.72. The maximum Gasteiger partial charge on any atom is 0.156 e. The second-order valence-corrected chi connectivity index (χ2v) is 4.14. The molecule has 94 valence electrons. The Morgan fingerprint density at radius 3 is 2.89 bits per heavy atom. The van der Waals surface area contributed by atoms with Crippen molar-refractivity contribution in [3.63, 3.8) is 0 Å². The number of aryl methyl sites for hydroxylation is 1. The summed E-state index contributed by atoms with van der Waals surface area (Å²) in [5.74, 6) is 0.424. The van der Waals surface area contributed by atoms with Crippen LogP contribution in [0.5, 0.6) is 0 Å². The van der Waals surface area contributed by atoms with E-state index in [2.05, 4.69) is 20.4 Å². The highest BCUT2D eigenvalue weighted by Crippen LogP contribution is 2.18. The van der Waals surface area contributed by atoms with E-state index in [9.17, 15) is 4.79 Å². The lowest BCUT2D eigenvalue weighted by Crippen LogP contribution is -2.06. The number of anilines is 1. The van der Waals surface area contributed by atoms with Crippen molar-refractivity contribution in [2.45, 2.75) is 13.5 Å². The van der Waals surface area contributed by atoms with Crippen LogP contribution in [0.1, 0.15) is 21.6 Å². The topological polar surface area (TPSA) is 72.7 Å². The van der Waals surface area contributed by atoms with Gasteiger partial charge in [-0.25, -0.2) is 9.97 Å². The molecule has 0 saturated heterocycles. The van der Waals surface area contributed by atoms with Crippen molar-refractivity contribution >= 4 is 23.7 Å². The van der Waals surface area contributed by atoms with E-state index in [1.165, 1.54) is 6.33 Å². The Kier molecular flexibility index (Phi) is 3.57. The molecule has 0 fully saturated rings. The summed E-state index contributed by atoms with van der Waals surface area (Å²) < 4.78 is 1.78. The highest BCUT2D eigenvalue weighted by Gasteiger charge is 2.10. The van der Waals surface area contributed by atoms with Crippen molar-refractivity contribution in [3.05, 3.63) is 34.5 Å². The molecule has 0 unspecified atom stereocenters. The molecule has 0 saturated carbocycles. The first kappa shape index (κ1) is 12.5. The van der Waals surface area contributed by atoms with Gasteiger partial charge in [-0.2, -0.15) is 5.10 Å². The standard InChI is InChI=1S/C11H12ClN5O/c1-7-8(4-16-17(7)2)3-13-11-9(5-18)10(12)14-6-15-11/h4-6H,3H2,1-2H3,(H,13,14,15). The van der Waals surface area contributed by atoms with Gasteiger partial charge in [0.15, 0.2) is 6.29 Å². The molecule has 2 aromatic rings. The van der Waals surface area contributed by atoms with Gasteiger partial charge in [0.25, 0.3) is 0 Å². The van der Waals surface area contributed by atoms with Gasteiger partial charge in [0.05, 0.1) is 11.8 Å². The second-order valence-electron chi connectivity index (χ2n) is 3.78. The van der Waals surface area contributed by atoms with Gasteiger partial charge in [-0.15, -0.1) is 0 Å². The maximum absolute atomic E-state index is 10.9. The number of nitrogens with one attached hydrogen (secondary N) is 1. The third-order valence-corrected chi connectivity index (χ3v) is 3.04. The fraction of sp³-hybridized carbons (Fsp3) is 0.273. The zero-order valence-corrected chi connectivity index (χ0v) is 10.8. The molecule has 0 aliphatic carbocycles. The van der Waals surface area contributed by atoms with Gasteiger partial charge in [0.2, 0.25) is 0 Å². The number of aldehydes is 1. The number of halogens is 1. The van der Waals surface area contributed by atoms with Crippen LogP contribution in [0.2, 0.25) is 5.15 Å². The van der Waals surface area contributed by atoms with E-state index in [1.807, 2.05) is 14.0 Å². The fourth-order valence-electron chi connectivity index (χ4n) is 1.52. The van der Waals surface area contributed by atoms with Crippen molar-refractivity contribution in [3.8, 4) is 0 Å². The zero-order chi connectivity index (χ0) is 13.1. The molecule has 1 N–H and O–H groups in total. The lowest BCUT2D eigenvalue weighted by Gasteiger charge is -2.07. The molecule has 0 amide bonds. The first-order valence-electron chi connectivity index (χ1n) is 5.30. The highest BCUT2D eigenvalue weighted by molar-refractivity contribution is 6.32. The Hall–Kier alpha value is -1.95. The SMILES string of the molecule is Cc1c(CNc2ncnc(Cl)c2C=O)cnn1C. The molecule has 2 rings (SSSR count). The predicted octanol–water partition coefficient (Wildman–Crippen LogP) is 1.60. The zero-order valence-electron chi connectivity index (χ0n) is 10.0. The second kappa shape index (κ2) is 5.14. The molecule has 0 radical (unpaired) electrons. The summed E-state index contributed by atoms with van der Waals surface area (Å²) in [7, 11) is 1.87. The number of carbonyl (C=O) groups excluding carboxylic acids is 1. The Labute approximate surface area is 109 Å². The van der Waals surface area contributed by atoms with E-state index in [-0.39, 0.29) is 10.7 Å². The minimum atomic E-state index is 0.144. The first-order chi connectivity index (χ1) is 8.63. The summed E-state index contributed by atoms with van der Waals surface area (Å²) in [5, 5.41) is 7.34. The average Bonchev–Trinajstić information content (AvgIpc) is 2.68. The molecule has 0 atom stereocenters. The number of aromatic nitrogens is 4. The van der Waals surface area contributed by atoms with Gasteiger partial charge in [-0.1, -0.05) is 11.6 Å². The molecule has 2 aromatic heterocycles. The number of nitrogens with zero attached hydrogens (tertiary/aromatic N) is 4. The number of rotatable bonds is 4. The van der Waals surface area contributed by atoms with Gasteiger partial charge in [0.1, 0.15) is 17.3 Å². The Morgan fingerprint density at radius 1 is 1.50 bits per heavy atom. The molecule has 6 nitrogen and oxygen atoms in total. The third kappa shape index (κ3) is 2.33. The van der Waals surface area contributed by atoms with Crippen molar-refractivity contribution in [2.24, 2.45) is 7.05 Å². The third-order valence-electron chi connectivity index (χ3n) is 2.74. The minimum absolute atomic E-state index is 0.144. The van der Waals surface area contributed by atoms with Crippen LogP contribution in [0.15, 0.2) is 12.5 Å². The fourth-order valence-corrected chi connectivity index (χ4v) is 1.69. The molecular formula is C11H12ClN5O. The molecule has 0 aliphatic rings. The Bertz CT molecular complexity index is 581. The van der Waals surface area contributed by atoms with Gasteiger partial charge in [-0.3, -0.25) is 9.48 Å². The van der Waals surface area contributed by atoms with Crippen molar-refractivity contribution < 1.29 is 4.79 Å². The van der Waals surface area contributed by atoms with Gasteiger partial charge in [0, 0.05) is 24.8 Å². The number of hydrogen-bond acceptors (Lipinski definition) is 5. The molecule has 0 aromatic carbocycles. The van der Waals surface area contributed by atoms with Gasteiger partial charge < -0.3 is 5.32 Å². The molecule has 18 heavy (non-hydrogen) atoms. The van der Waals surface area contributed by atoms with Crippen LogP contribution in [-0.2, 0) is 13.6 Å². The normalized spacial score (nSPS) is 10.4. The molecule has 0 aliphatic heterocycles. The quantitative estimate of drug-likeness (QED) is 0.671. The first-order valence-corrected chi connectivity index (χ1v) is 5.68. The van der Waals surface area contributed by atoms with Crippen LogP contribution in [-0.4, -0.2) is 26.0 Å². The lowest BCUT2D eigenvalue weighted by atomic mass is 10.2. The van der Waals surface area contributed by atoms with E-state index in [4.69, 9.17) is 11.6 Å². The summed E-state index contributed by atoms with van der Waals surface area (Å²) in [6, 6.07) is 0. The summed E-state index contributed by atoms with van der Waals surface area (Å²) in [6.45, 7) is 2.49. The molecular weight excluding hydrogens is 254 g/mol. The van der Waals surface area contributed by atoms with Crippen molar-refractivity contribution in [1.29, 1.82) is 0 Å². The summed E-state index contributed by atoms with van der Waals surface area (Å²) in [5.41, 5.74) is 2.35. The van der Waals surface area contributed by atoms with Crippen molar-refractivity contribution in [1.82, 2.24) is 19.7 Å². The maximum atomic E-state index is 10.9. The molecule has 2 heterocycles. The number of carbonyl (C=O) groups is 1. The van der Waals surface area contributed by atoms with Crippen LogP contribution in [0, 0.1) is 6.92 Å². The van der Waals surface area contributed by atoms with Gasteiger partial charge in [-0.05, 0) is 6.92 Å². The Balaban J connectivity index is 2.18. The van der Waals surface area contributed by atoms with E-state index < -0.39 is 0 Å². The van der Waals surface area contributed by atoms with Crippen LogP contribution in [0.25, 0.3) is 0 Å². The van der Waals surface area contributed by atoms with E-state index >= 15 is 0 Å². The highest BCUT2D eigenvalue weighted by atomic mass is 35.5. The van der Waals surface area contributed by atoms with E-state index in [0.717, 1.165) is 11.3 Å². The molecule has 0 bridgehead atoms. The van der Waals surface area contributed by atoms with Gasteiger partial charge >= 0.3 is 0 Å². The predicted molar refractivity (Wildman–Crippen MR) is 67.7 cm³/mol. The van der Waals surface area contributed by atoms with Crippen LogP contribution in [0.3, 0.4) is 0 Å². The Morgan fingerprint density at radius 2 is 2.28 bits per heavy atom.